The number of carbonyl (C=O) groups excluding carboxylic acids is 3. The topological polar surface area (TPSA) is 165 Å². The van der Waals surface area contributed by atoms with Crippen molar-refractivity contribution in [3.63, 3.8) is 0 Å². The maximum Gasteiger partial charge on any atom is 0.255 e. The highest BCUT2D eigenvalue weighted by Crippen LogP contribution is 2.54. The van der Waals surface area contributed by atoms with Gasteiger partial charge in [0.15, 0.2) is 11.4 Å². The molecule has 0 heterocycles. The summed E-state index contributed by atoms with van der Waals surface area (Å²) in [6.45, 7) is 0. The van der Waals surface area contributed by atoms with Crippen molar-refractivity contribution in [1.82, 2.24) is 4.90 Å². The number of nitrogens with two attached hydrogens (primary N) is 1. The first kappa shape index (κ1) is 26.2. The molecule has 1 amide bonds. The van der Waals surface area contributed by atoms with Gasteiger partial charge in [0.2, 0.25) is 5.78 Å². The standard InChI is InChI=1S/C28H35N3O7/c1-30(2)17-11-14(12-7-5-6-8-12)22(32)19-15(17)9-13-10-16-21(31(3)4)24(34)20(27(29)37)26(36)28(16,38)25(35)18(13)23(19)33/h11-13,16,21,32,34-35,38H,5-10H2,1-4H3,(H2,29,37)/t13-,16-,21-,28-/m0/s1. The number of aliphatic hydroxyl groups excluding tert-OH is 2. The molecule has 1 fully saturated rings. The van der Waals surface area contributed by atoms with E-state index in [1.807, 2.05) is 25.1 Å². The summed E-state index contributed by atoms with van der Waals surface area (Å²) in [6, 6.07) is 0.942. The molecule has 10 nitrogen and oxygen atoms in total. The number of aromatic hydroxyl groups is 1. The van der Waals surface area contributed by atoms with E-state index in [4.69, 9.17) is 5.73 Å². The molecular formula is C28H35N3O7. The number of primary amides is 1. The van der Waals surface area contributed by atoms with Crippen LogP contribution in [0.25, 0.3) is 0 Å². The zero-order chi connectivity index (χ0) is 27.8. The molecule has 1 aromatic rings. The van der Waals surface area contributed by atoms with Crippen molar-refractivity contribution >= 4 is 23.2 Å². The summed E-state index contributed by atoms with van der Waals surface area (Å²) in [5, 5.41) is 45.5. The third-order valence-corrected chi connectivity index (χ3v) is 9.01. The van der Waals surface area contributed by atoms with Gasteiger partial charge in [-0.1, -0.05) is 12.8 Å². The monoisotopic (exact) mass is 525 g/mol. The third-order valence-electron chi connectivity index (χ3n) is 9.01. The normalized spacial score (nSPS) is 29.5. The lowest BCUT2D eigenvalue weighted by molar-refractivity contribution is -0.148. The number of phenolic OH excluding ortho intramolecular Hbond substituents is 1. The van der Waals surface area contributed by atoms with Gasteiger partial charge in [0.05, 0.1) is 11.6 Å². The van der Waals surface area contributed by atoms with Gasteiger partial charge in [0.25, 0.3) is 5.91 Å². The maximum atomic E-state index is 14.1. The van der Waals surface area contributed by atoms with Crippen molar-refractivity contribution in [3.05, 3.63) is 45.4 Å². The van der Waals surface area contributed by atoms with Crippen LogP contribution in [0.5, 0.6) is 5.75 Å². The minimum atomic E-state index is -2.63. The van der Waals surface area contributed by atoms with Gasteiger partial charge in [-0.2, -0.15) is 0 Å². The molecule has 204 valence electrons. The zero-order valence-corrected chi connectivity index (χ0v) is 22.1. The van der Waals surface area contributed by atoms with Crippen LogP contribution in [0.3, 0.4) is 0 Å². The minimum Gasteiger partial charge on any atom is -0.510 e. The molecule has 0 saturated heterocycles. The molecule has 10 heteroatoms. The number of fused-ring (bicyclic) bond motifs is 3. The Labute approximate surface area is 221 Å². The Balaban J connectivity index is 1.73. The van der Waals surface area contributed by atoms with E-state index in [9.17, 15) is 34.8 Å². The second-order valence-corrected chi connectivity index (χ2v) is 11.5. The van der Waals surface area contributed by atoms with Crippen molar-refractivity contribution in [2.75, 3.05) is 33.1 Å². The van der Waals surface area contributed by atoms with Gasteiger partial charge >= 0.3 is 0 Å². The van der Waals surface area contributed by atoms with E-state index < -0.39 is 58.0 Å². The summed E-state index contributed by atoms with van der Waals surface area (Å²) >= 11 is 0. The molecule has 0 aliphatic heterocycles. The number of amides is 1. The van der Waals surface area contributed by atoms with Crippen LogP contribution in [0.2, 0.25) is 0 Å². The second-order valence-electron chi connectivity index (χ2n) is 11.5. The number of rotatable bonds is 4. The highest BCUT2D eigenvalue weighted by Gasteiger charge is 2.63. The first-order valence-electron chi connectivity index (χ1n) is 13.0. The van der Waals surface area contributed by atoms with Crippen LogP contribution in [-0.2, 0) is 16.0 Å². The van der Waals surface area contributed by atoms with E-state index in [-0.39, 0.29) is 35.6 Å². The van der Waals surface area contributed by atoms with Crippen LogP contribution in [0.1, 0.15) is 59.5 Å². The quantitative estimate of drug-likeness (QED) is 0.369. The number of phenols is 1. The van der Waals surface area contributed by atoms with Gasteiger partial charge in [0, 0.05) is 31.3 Å². The van der Waals surface area contributed by atoms with E-state index in [0.717, 1.165) is 31.4 Å². The first-order valence-corrected chi connectivity index (χ1v) is 13.0. The molecule has 1 aromatic carbocycles. The summed E-state index contributed by atoms with van der Waals surface area (Å²) in [7, 11) is 6.96. The molecule has 1 saturated carbocycles. The molecular weight excluding hydrogens is 490 g/mol. The number of Topliss-reactive ketones (excluding diaryl/α,β-unsaturated/α-hetero) is 2. The van der Waals surface area contributed by atoms with Crippen molar-refractivity contribution in [2.24, 2.45) is 17.6 Å². The van der Waals surface area contributed by atoms with E-state index in [2.05, 4.69) is 0 Å². The number of nitrogens with zero attached hydrogens (tertiary/aromatic N) is 2. The molecule has 0 spiro atoms. The Kier molecular flexibility index (Phi) is 6.11. The van der Waals surface area contributed by atoms with E-state index in [1.54, 1.807) is 19.0 Å². The van der Waals surface area contributed by atoms with Crippen LogP contribution in [0.4, 0.5) is 5.69 Å². The van der Waals surface area contributed by atoms with Crippen LogP contribution in [0.15, 0.2) is 28.7 Å². The van der Waals surface area contributed by atoms with Crippen LogP contribution in [-0.4, -0.2) is 82.6 Å². The van der Waals surface area contributed by atoms with E-state index >= 15 is 0 Å². The number of benzene rings is 1. The van der Waals surface area contributed by atoms with Crippen LogP contribution in [0, 0.1) is 11.8 Å². The highest BCUT2D eigenvalue weighted by atomic mass is 16.3. The van der Waals surface area contributed by atoms with Gasteiger partial charge in [-0.3, -0.25) is 19.3 Å². The second kappa shape index (κ2) is 8.84. The molecule has 0 bridgehead atoms. The summed E-state index contributed by atoms with van der Waals surface area (Å²) in [4.78, 5) is 43.1. The Hall–Kier alpha value is -3.37. The Bertz CT molecular complexity index is 1320. The number of aliphatic hydroxyl groups is 3. The lowest BCUT2D eigenvalue weighted by Gasteiger charge is -2.50. The third kappa shape index (κ3) is 3.42. The predicted molar refractivity (Wildman–Crippen MR) is 139 cm³/mol. The predicted octanol–water partition coefficient (Wildman–Crippen LogP) is 1.84. The summed E-state index contributed by atoms with van der Waals surface area (Å²) in [5.41, 5.74) is 4.04. The summed E-state index contributed by atoms with van der Waals surface area (Å²) < 4.78 is 0. The Morgan fingerprint density at radius 3 is 2.24 bits per heavy atom. The molecule has 6 N–H and O–H groups in total. The highest BCUT2D eigenvalue weighted by molar-refractivity contribution is 6.25. The van der Waals surface area contributed by atoms with Crippen molar-refractivity contribution in [3.8, 4) is 5.75 Å². The molecule has 5 rings (SSSR count). The van der Waals surface area contributed by atoms with E-state index in [1.165, 1.54) is 0 Å². The molecule has 4 aliphatic carbocycles. The maximum absolute atomic E-state index is 14.1. The molecule has 4 aliphatic rings. The van der Waals surface area contributed by atoms with Gasteiger partial charge in [-0.15, -0.1) is 0 Å². The zero-order valence-electron chi connectivity index (χ0n) is 22.1. The summed E-state index contributed by atoms with van der Waals surface area (Å²) in [5.74, 6) is -6.16. The fourth-order valence-electron chi connectivity index (χ4n) is 7.27. The number of likely N-dealkylation sites (N-methyl/N-ethyl adjacent to an activating group) is 1. The smallest absolute Gasteiger partial charge is 0.255 e. The molecule has 4 atom stereocenters. The molecule has 38 heavy (non-hydrogen) atoms. The summed E-state index contributed by atoms with van der Waals surface area (Å²) in [6.07, 6.45) is 4.22. The number of anilines is 1. The van der Waals surface area contributed by atoms with Gasteiger partial charge in [-0.05, 0) is 68.8 Å². The van der Waals surface area contributed by atoms with Crippen molar-refractivity contribution in [1.29, 1.82) is 0 Å². The number of hydrogen-bond acceptors (Lipinski definition) is 9. The Morgan fingerprint density at radius 1 is 1.05 bits per heavy atom. The van der Waals surface area contributed by atoms with Crippen LogP contribution >= 0.6 is 0 Å². The number of carbonyl (C=O) groups is 3. The molecule has 0 unspecified atom stereocenters. The number of hydrogen-bond donors (Lipinski definition) is 5. The fourth-order valence-corrected chi connectivity index (χ4v) is 7.27. The SMILES string of the molecule is CN(C)c1cc(C2CCCC2)c(O)c2c1C[C@H]1C[C@H]3[C@H](N(C)C)C(O)=C(C(N)=O)C(=O)[C@@]3(O)C(O)=C1C2=O. The van der Waals surface area contributed by atoms with E-state index in [0.29, 0.717) is 11.1 Å². The minimum absolute atomic E-state index is 0.0732. The van der Waals surface area contributed by atoms with Gasteiger partial charge in [-0.25, -0.2) is 0 Å². The van der Waals surface area contributed by atoms with Crippen LogP contribution < -0.4 is 10.6 Å². The van der Waals surface area contributed by atoms with Gasteiger partial charge < -0.3 is 31.1 Å². The number of ketones is 2. The molecule has 0 radical (unpaired) electrons. The lowest BCUT2D eigenvalue weighted by Crippen LogP contribution is -2.63. The average Bonchev–Trinajstić information content (AvgIpc) is 3.35. The fraction of sp³-hybridized carbons (Fsp3) is 0.536. The first-order chi connectivity index (χ1) is 17.8. The number of allylic oxidation sites excluding steroid dienone is 1. The lowest BCUT2D eigenvalue weighted by atomic mass is 9.58. The van der Waals surface area contributed by atoms with Gasteiger partial charge in [0.1, 0.15) is 22.8 Å². The van der Waals surface area contributed by atoms with Crippen molar-refractivity contribution in [2.45, 2.75) is 56.1 Å². The van der Waals surface area contributed by atoms with Crippen molar-refractivity contribution < 1.29 is 34.8 Å². The molecule has 0 aromatic heterocycles. The largest absolute Gasteiger partial charge is 0.510 e. The average molecular weight is 526 g/mol. The Morgan fingerprint density at radius 2 is 1.68 bits per heavy atom.